The van der Waals surface area contributed by atoms with Gasteiger partial charge in [0.05, 0.1) is 22.8 Å². The summed E-state index contributed by atoms with van der Waals surface area (Å²) in [4.78, 5) is 13.3. The van der Waals surface area contributed by atoms with E-state index in [1.807, 2.05) is 38.1 Å². The fourth-order valence-electron chi connectivity index (χ4n) is 2.04. The lowest BCUT2D eigenvalue weighted by Gasteiger charge is -2.10. The van der Waals surface area contributed by atoms with Crippen LogP contribution in [-0.2, 0) is 11.3 Å². The number of carbonyl (C=O) groups is 1. The number of anilines is 2. The summed E-state index contributed by atoms with van der Waals surface area (Å²) >= 11 is 1.70. The number of benzene rings is 1. The van der Waals surface area contributed by atoms with Crippen molar-refractivity contribution in [3.8, 4) is 0 Å². The molecule has 0 saturated carbocycles. The Kier molecular flexibility index (Phi) is 4.90. The number of aryl methyl sites for hydroxylation is 1. The molecule has 0 aliphatic rings. The lowest BCUT2D eigenvalue weighted by molar-refractivity contribution is -0.116. The van der Waals surface area contributed by atoms with Crippen LogP contribution in [0.2, 0.25) is 0 Å². The molecule has 5 nitrogen and oxygen atoms in total. The summed E-state index contributed by atoms with van der Waals surface area (Å²) in [6.07, 6.45) is 0. The summed E-state index contributed by atoms with van der Waals surface area (Å²) in [6.45, 7) is 5.95. The van der Waals surface area contributed by atoms with Gasteiger partial charge in [-0.25, -0.2) is 0 Å². The van der Waals surface area contributed by atoms with Gasteiger partial charge in [-0.2, -0.15) is 5.10 Å². The highest BCUT2D eigenvalue weighted by molar-refractivity contribution is 7.99. The van der Waals surface area contributed by atoms with Crippen molar-refractivity contribution in [3.63, 3.8) is 0 Å². The van der Waals surface area contributed by atoms with Gasteiger partial charge in [-0.1, -0.05) is 19.1 Å². The third kappa shape index (κ3) is 3.58. The molecule has 0 atom stereocenters. The number of para-hydroxylation sites is 1. The number of hydrogen-bond donors (Lipinski definition) is 2. The standard InChI is InChI=1S/C15H20N4OS/c1-4-21-13-8-6-5-7-12(13)17-14(20)9-19-11(3)15(16)10(2)18-19/h5-8H,4,9,16H2,1-3H3,(H,17,20). The van der Waals surface area contributed by atoms with Crippen LogP contribution in [0.25, 0.3) is 0 Å². The first kappa shape index (κ1) is 15.4. The summed E-state index contributed by atoms with van der Waals surface area (Å²) < 4.78 is 1.63. The predicted molar refractivity (Wildman–Crippen MR) is 87.6 cm³/mol. The Balaban J connectivity index is 2.10. The maximum absolute atomic E-state index is 12.2. The average molecular weight is 304 g/mol. The number of thioether (sulfide) groups is 1. The Bertz CT molecular complexity index is 651. The largest absolute Gasteiger partial charge is 0.396 e. The molecule has 2 aromatic rings. The fraction of sp³-hybridized carbons (Fsp3) is 0.333. The van der Waals surface area contributed by atoms with Gasteiger partial charge in [0.15, 0.2) is 0 Å². The van der Waals surface area contributed by atoms with E-state index in [1.165, 1.54) is 0 Å². The average Bonchev–Trinajstić information content (AvgIpc) is 2.69. The number of nitrogens with one attached hydrogen (secondary N) is 1. The molecule has 0 radical (unpaired) electrons. The van der Waals surface area contributed by atoms with Gasteiger partial charge in [0.2, 0.25) is 5.91 Å². The smallest absolute Gasteiger partial charge is 0.246 e. The molecule has 0 bridgehead atoms. The quantitative estimate of drug-likeness (QED) is 0.833. The summed E-state index contributed by atoms with van der Waals surface area (Å²) in [6, 6.07) is 7.79. The van der Waals surface area contributed by atoms with E-state index in [1.54, 1.807) is 16.4 Å². The first-order valence-electron chi connectivity index (χ1n) is 6.84. The number of carbonyl (C=O) groups excluding carboxylic acids is 1. The van der Waals surface area contributed by atoms with Crippen LogP contribution >= 0.6 is 11.8 Å². The molecule has 6 heteroatoms. The Morgan fingerprint density at radius 3 is 2.71 bits per heavy atom. The number of nitrogens with two attached hydrogens (primary N) is 1. The second kappa shape index (κ2) is 6.67. The van der Waals surface area contributed by atoms with Gasteiger partial charge < -0.3 is 11.1 Å². The van der Waals surface area contributed by atoms with E-state index in [4.69, 9.17) is 5.73 Å². The lowest BCUT2D eigenvalue weighted by atomic mass is 10.3. The number of aromatic nitrogens is 2. The van der Waals surface area contributed by atoms with E-state index in [2.05, 4.69) is 17.3 Å². The number of nitrogen functional groups attached to an aromatic ring is 1. The molecule has 21 heavy (non-hydrogen) atoms. The summed E-state index contributed by atoms with van der Waals surface area (Å²) in [7, 11) is 0. The maximum Gasteiger partial charge on any atom is 0.246 e. The minimum atomic E-state index is -0.107. The molecule has 0 saturated heterocycles. The van der Waals surface area contributed by atoms with Crippen LogP contribution in [0, 0.1) is 13.8 Å². The van der Waals surface area contributed by atoms with Crippen molar-refractivity contribution in [2.24, 2.45) is 0 Å². The van der Waals surface area contributed by atoms with Crippen LogP contribution in [0.4, 0.5) is 11.4 Å². The zero-order chi connectivity index (χ0) is 15.4. The highest BCUT2D eigenvalue weighted by Gasteiger charge is 2.12. The van der Waals surface area contributed by atoms with Gasteiger partial charge in [-0.3, -0.25) is 9.48 Å². The zero-order valence-electron chi connectivity index (χ0n) is 12.5. The number of rotatable bonds is 5. The number of nitrogens with zero attached hydrogens (tertiary/aromatic N) is 2. The molecule has 0 aliphatic heterocycles. The van der Waals surface area contributed by atoms with E-state index in [0.29, 0.717) is 5.69 Å². The van der Waals surface area contributed by atoms with Crippen molar-refractivity contribution in [3.05, 3.63) is 35.7 Å². The highest BCUT2D eigenvalue weighted by atomic mass is 32.2. The summed E-state index contributed by atoms with van der Waals surface area (Å²) in [5, 5.41) is 7.21. The second-order valence-corrected chi connectivity index (χ2v) is 6.03. The Hall–Kier alpha value is -1.95. The van der Waals surface area contributed by atoms with Gasteiger partial charge in [0.1, 0.15) is 6.54 Å². The third-order valence-electron chi connectivity index (χ3n) is 3.19. The van der Waals surface area contributed by atoms with E-state index in [-0.39, 0.29) is 12.5 Å². The third-order valence-corrected chi connectivity index (χ3v) is 4.15. The van der Waals surface area contributed by atoms with Crippen LogP contribution in [-0.4, -0.2) is 21.4 Å². The van der Waals surface area contributed by atoms with Gasteiger partial charge in [-0.15, -0.1) is 11.8 Å². The molecule has 0 aliphatic carbocycles. The second-order valence-electron chi connectivity index (χ2n) is 4.72. The monoisotopic (exact) mass is 304 g/mol. The van der Waals surface area contributed by atoms with Gasteiger partial charge in [0.25, 0.3) is 0 Å². The molecule has 0 unspecified atom stereocenters. The molecule has 1 aromatic carbocycles. The van der Waals surface area contributed by atoms with Crippen LogP contribution in [0.1, 0.15) is 18.3 Å². The van der Waals surface area contributed by atoms with Gasteiger partial charge in [0, 0.05) is 4.90 Å². The Morgan fingerprint density at radius 1 is 1.38 bits per heavy atom. The zero-order valence-corrected chi connectivity index (χ0v) is 13.3. The SMILES string of the molecule is CCSc1ccccc1NC(=O)Cn1nc(C)c(N)c1C. The summed E-state index contributed by atoms with van der Waals surface area (Å²) in [5.41, 5.74) is 8.93. The lowest BCUT2D eigenvalue weighted by Crippen LogP contribution is -2.20. The molecule has 1 amide bonds. The summed E-state index contributed by atoms with van der Waals surface area (Å²) in [5.74, 6) is 0.852. The molecule has 2 rings (SSSR count). The van der Waals surface area contributed by atoms with Crippen LogP contribution in [0.3, 0.4) is 0 Å². The normalized spacial score (nSPS) is 10.6. The molecule has 1 aromatic heterocycles. The Labute approximate surface area is 128 Å². The first-order chi connectivity index (χ1) is 10.0. The van der Waals surface area contributed by atoms with Crippen molar-refractivity contribution in [2.45, 2.75) is 32.2 Å². The van der Waals surface area contributed by atoms with E-state index >= 15 is 0 Å². The van der Waals surface area contributed by atoms with Crippen molar-refractivity contribution >= 4 is 29.0 Å². The minimum absolute atomic E-state index is 0.107. The molecule has 0 fully saturated rings. The molecule has 112 valence electrons. The molecular formula is C15H20N4OS. The van der Waals surface area contributed by atoms with Crippen molar-refractivity contribution in [2.75, 3.05) is 16.8 Å². The number of amides is 1. The highest BCUT2D eigenvalue weighted by Crippen LogP contribution is 2.26. The van der Waals surface area contributed by atoms with Crippen molar-refractivity contribution in [1.29, 1.82) is 0 Å². The maximum atomic E-state index is 12.2. The van der Waals surface area contributed by atoms with Crippen molar-refractivity contribution < 1.29 is 4.79 Å². The molecular weight excluding hydrogens is 284 g/mol. The molecule has 3 N–H and O–H groups in total. The van der Waals surface area contributed by atoms with Crippen LogP contribution in [0.5, 0.6) is 0 Å². The van der Waals surface area contributed by atoms with Crippen molar-refractivity contribution in [1.82, 2.24) is 9.78 Å². The van der Waals surface area contributed by atoms with E-state index in [0.717, 1.165) is 27.7 Å². The minimum Gasteiger partial charge on any atom is -0.396 e. The van der Waals surface area contributed by atoms with Gasteiger partial charge >= 0.3 is 0 Å². The Morgan fingerprint density at radius 2 is 2.10 bits per heavy atom. The van der Waals surface area contributed by atoms with E-state index in [9.17, 15) is 4.79 Å². The molecule has 0 spiro atoms. The first-order valence-corrected chi connectivity index (χ1v) is 7.82. The molecule has 1 heterocycles. The topological polar surface area (TPSA) is 72.9 Å². The fourth-order valence-corrected chi connectivity index (χ4v) is 2.80. The van der Waals surface area contributed by atoms with Crippen LogP contribution < -0.4 is 11.1 Å². The number of hydrogen-bond acceptors (Lipinski definition) is 4. The predicted octanol–water partition coefficient (Wildman–Crippen LogP) is 2.83. The van der Waals surface area contributed by atoms with Gasteiger partial charge in [-0.05, 0) is 31.7 Å². The van der Waals surface area contributed by atoms with Crippen LogP contribution in [0.15, 0.2) is 29.2 Å². The van der Waals surface area contributed by atoms with E-state index < -0.39 is 0 Å².